The maximum Gasteiger partial charge on any atom is 0.471 e. The van der Waals surface area contributed by atoms with Crippen molar-refractivity contribution in [2.24, 2.45) is 0 Å². The second-order valence-corrected chi connectivity index (χ2v) is 11.3. The highest BCUT2D eigenvalue weighted by atomic mass is 19.4. The van der Waals surface area contributed by atoms with E-state index in [0.29, 0.717) is 21.6 Å². The monoisotopic (exact) mass is 634 g/mol. The summed E-state index contributed by atoms with van der Waals surface area (Å²) in [4.78, 5) is 45.0. The van der Waals surface area contributed by atoms with E-state index in [-0.39, 0.29) is 37.2 Å². The first-order chi connectivity index (χ1) is 19.9. The van der Waals surface area contributed by atoms with Crippen LogP contribution < -0.4 is 0 Å². The third-order valence-corrected chi connectivity index (χ3v) is 7.87. The van der Waals surface area contributed by atoms with Gasteiger partial charge in [-0.25, -0.2) is 0 Å². The summed E-state index contributed by atoms with van der Waals surface area (Å²) >= 11 is 0. The topological polar surface area (TPSA) is 147 Å². The second-order valence-electron chi connectivity index (χ2n) is 11.3. The molecule has 2 aliphatic rings. The third kappa shape index (κ3) is 6.26. The van der Waals surface area contributed by atoms with E-state index in [2.05, 4.69) is 0 Å². The molecule has 17 heteroatoms. The maximum absolute atomic E-state index is 12.7. The molecule has 44 heavy (non-hydrogen) atoms. The Bertz CT molecular complexity index is 1420. The van der Waals surface area contributed by atoms with Crippen LogP contribution in [0.2, 0.25) is 0 Å². The van der Waals surface area contributed by atoms with Gasteiger partial charge in [0.15, 0.2) is 5.75 Å². The van der Waals surface area contributed by atoms with Crippen LogP contribution in [0, 0.1) is 27.2 Å². The Morgan fingerprint density at radius 2 is 1.11 bits per heavy atom. The molecule has 2 aromatic carbocycles. The van der Waals surface area contributed by atoms with Crippen LogP contribution in [0.15, 0.2) is 24.3 Å². The van der Waals surface area contributed by atoms with Crippen LogP contribution in [0.4, 0.5) is 37.7 Å². The Labute approximate surface area is 246 Å². The Kier molecular flexibility index (Phi) is 8.70. The lowest BCUT2D eigenvalue weighted by atomic mass is 9.82. The molecular weight excluding hydrogens is 606 g/mol. The van der Waals surface area contributed by atoms with Gasteiger partial charge in [-0.15, -0.1) is 0 Å². The molecule has 1 N–H and O–H groups in total. The van der Waals surface area contributed by atoms with E-state index in [0.717, 1.165) is 16.5 Å². The summed E-state index contributed by atoms with van der Waals surface area (Å²) < 4.78 is 76.2. The number of nitrogens with zero attached hydrogens (tertiary/aromatic N) is 4. The van der Waals surface area contributed by atoms with Crippen molar-refractivity contribution in [2.45, 2.75) is 70.9 Å². The minimum absolute atomic E-state index is 0.0738. The molecule has 2 aromatic rings. The predicted molar refractivity (Wildman–Crippen MR) is 142 cm³/mol. The standard InChI is InChI=1S/C14H15F3N2O3.C13H13F3N2O4/c1-8-6-9-4-5-18(12(20)14(15,16)17)13(2,3)10(9)7-11(8)19(21)22;1-12(2)8-6-9(18(21)22)10(19)5-7(8)3-4-17(12)11(20)13(14,15)16/h6-7H,4-5H2,1-3H3;5-6,19H,3-4H2,1-2H3. The normalized spacial score (nSPS) is 17.1. The van der Waals surface area contributed by atoms with Crippen molar-refractivity contribution in [2.75, 3.05) is 13.1 Å². The number of fused-ring (bicyclic) bond motifs is 2. The molecule has 0 saturated heterocycles. The van der Waals surface area contributed by atoms with Gasteiger partial charge in [-0.3, -0.25) is 29.8 Å². The third-order valence-electron chi connectivity index (χ3n) is 7.87. The van der Waals surface area contributed by atoms with Gasteiger partial charge in [0.2, 0.25) is 0 Å². The number of hydrogen-bond donors (Lipinski definition) is 1. The number of amides is 2. The number of halogens is 6. The number of benzene rings is 2. The molecule has 0 aromatic heterocycles. The van der Waals surface area contributed by atoms with Crippen molar-refractivity contribution in [1.82, 2.24) is 9.80 Å². The quantitative estimate of drug-likeness (QED) is 0.258. The maximum atomic E-state index is 12.7. The van der Waals surface area contributed by atoms with Gasteiger partial charge in [0.25, 0.3) is 5.69 Å². The molecule has 0 saturated carbocycles. The average molecular weight is 635 g/mol. The SMILES string of the molecule is CC1(C)c2cc([N+](=O)[O-])c(O)cc2CCN1C(=O)C(F)(F)F.Cc1cc2c(cc1[N+](=O)[O-])C(C)(C)N(C(=O)C(F)(F)F)CC2. The lowest BCUT2D eigenvalue weighted by Crippen LogP contribution is -2.54. The Balaban J connectivity index is 0.000000240. The van der Waals surface area contributed by atoms with E-state index in [9.17, 15) is 61.3 Å². The van der Waals surface area contributed by atoms with Gasteiger partial charge in [0.05, 0.1) is 20.9 Å². The number of phenols is 1. The number of carbonyl (C=O) groups is 2. The number of rotatable bonds is 2. The highest BCUT2D eigenvalue weighted by Crippen LogP contribution is 2.42. The van der Waals surface area contributed by atoms with Gasteiger partial charge in [-0.05, 0) is 81.8 Å². The van der Waals surface area contributed by atoms with E-state index in [1.54, 1.807) is 13.0 Å². The fourth-order valence-electron chi connectivity index (χ4n) is 5.60. The number of hydrogen-bond acceptors (Lipinski definition) is 7. The molecule has 0 fully saturated rings. The number of nitro groups is 2. The zero-order valence-electron chi connectivity index (χ0n) is 24.1. The number of aromatic hydroxyl groups is 1. The minimum atomic E-state index is -5.02. The van der Waals surface area contributed by atoms with Gasteiger partial charge >= 0.3 is 29.9 Å². The van der Waals surface area contributed by atoms with Crippen molar-refractivity contribution in [3.63, 3.8) is 0 Å². The summed E-state index contributed by atoms with van der Waals surface area (Å²) in [5, 5.41) is 31.5. The number of carbonyl (C=O) groups excluding carboxylic acids is 2. The van der Waals surface area contributed by atoms with E-state index in [1.165, 1.54) is 39.8 Å². The van der Waals surface area contributed by atoms with E-state index in [1.807, 2.05) is 0 Å². The summed E-state index contributed by atoms with van der Waals surface area (Å²) in [6.45, 7) is 7.02. The van der Waals surface area contributed by atoms with Crippen molar-refractivity contribution in [1.29, 1.82) is 0 Å². The molecule has 0 aliphatic carbocycles. The number of aryl methyl sites for hydroxylation is 1. The van der Waals surface area contributed by atoms with Crippen LogP contribution in [0.3, 0.4) is 0 Å². The molecule has 0 radical (unpaired) electrons. The summed E-state index contributed by atoms with van der Waals surface area (Å²) in [6, 6.07) is 5.09. The molecule has 0 unspecified atom stereocenters. The van der Waals surface area contributed by atoms with Gasteiger partial charge in [-0.2, -0.15) is 26.3 Å². The molecule has 0 atom stereocenters. The van der Waals surface area contributed by atoms with Gasteiger partial charge in [0.1, 0.15) is 0 Å². The molecule has 0 spiro atoms. The van der Waals surface area contributed by atoms with Crippen LogP contribution in [-0.2, 0) is 33.5 Å². The highest BCUT2D eigenvalue weighted by Gasteiger charge is 2.50. The summed E-state index contributed by atoms with van der Waals surface area (Å²) in [5.41, 5.74) is -1.12. The first-order valence-corrected chi connectivity index (χ1v) is 13.0. The van der Waals surface area contributed by atoms with Crippen molar-refractivity contribution in [3.05, 3.63) is 72.3 Å². The molecular formula is C27H28F6N4O7. The first kappa shape index (κ1) is 34.1. The largest absolute Gasteiger partial charge is 0.502 e. The Hall–Kier alpha value is -4.44. The summed E-state index contributed by atoms with van der Waals surface area (Å²) in [6.07, 6.45) is -9.67. The van der Waals surface area contributed by atoms with Gasteiger partial charge in [-0.1, -0.05) is 0 Å². The van der Waals surface area contributed by atoms with Crippen molar-refractivity contribution < 1.29 is 50.9 Å². The van der Waals surface area contributed by atoms with Crippen LogP contribution >= 0.6 is 0 Å². The summed E-state index contributed by atoms with van der Waals surface area (Å²) in [5.74, 6) is -4.46. The molecule has 2 aliphatic heterocycles. The van der Waals surface area contributed by atoms with Gasteiger partial charge in [0, 0.05) is 30.8 Å². The van der Waals surface area contributed by atoms with Crippen LogP contribution in [0.1, 0.15) is 55.5 Å². The molecule has 2 amide bonds. The van der Waals surface area contributed by atoms with Crippen LogP contribution in [-0.4, -0.2) is 62.0 Å². The second kappa shape index (κ2) is 11.2. The molecule has 240 valence electrons. The van der Waals surface area contributed by atoms with Crippen LogP contribution in [0.25, 0.3) is 0 Å². The van der Waals surface area contributed by atoms with Gasteiger partial charge < -0.3 is 14.9 Å². The summed E-state index contributed by atoms with van der Waals surface area (Å²) in [7, 11) is 0. The predicted octanol–water partition coefficient (Wildman–Crippen LogP) is 5.57. The highest BCUT2D eigenvalue weighted by molar-refractivity contribution is 5.84. The van der Waals surface area contributed by atoms with Crippen molar-refractivity contribution in [3.8, 4) is 5.75 Å². The number of alkyl halides is 6. The van der Waals surface area contributed by atoms with Crippen molar-refractivity contribution >= 4 is 23.2 Å². The smallest absolute Gasteiger partial charge is 0.471 e. The first-order valence-electron chi connectivity index (χ1n) is 13.0. The van der Waals surface area contributed by atoms with E-state index < -0.39 is 56.5 Å². The number of nitro benzene ring substituents is 2. The lowest BCUT2D eigenvalue weighted by Gasteiger charge is -2.44. The Morgan fingerprint density at radius 3 is 1.48 bits per heavy atom. The zero-order valence-corrected chi connectivity index (χ0v) is 24.1. The van der Waals surface area contributed by atoms with E-state index >= 15 is 0 Å². The molecule has 2 heterocycles. The zero-order chi connectivity index (χ0) is 33.7. The minimum Gasteiger partial charge on any atom is -0.502 e. The van der Waals surface area contributed by atoms with Crippen LogP contribution in [0.5, 0.6) is 5.75 Å². The average Bonchev–Trinajstić information content (AvgIpc) is 2.86. The molecule has 0 bridgehead atoms. The Morgan fingerprint density at radius 1 is 0.750 bits per heavy atom. The molecule has 11 nitrogen and oxygen atoms in total. The fraction of sp³-hybridized carbons (Fsp3) is 0.481. The van der Waals surface area contributed by atoms with E-state index in [4.69, 9.17) is 0 Å². The number of phenolic OH excluding ortho intramolecular Hbond substituents is 1. The molecule has 4 rings (SSSR count). The fourth-order valence-corrected chi connectivity index (χ4v) is 5.60. The lowest BCUT2D eigenvalue weighted by molar-refractivity contribution is -0.386.